The van der Waals surface area contributed by atoms with Gasteiger partial charge in [0.1, 0.15) is 5.82 Å². The lowest BCUT2D eigenvalue weighted by Crippen LogP contribution is -2.38. The van der Waals surface area contributed by atoms with E-state index in [0.717, 1.165) is 82.6 Å². The molecule has 0 bridgehead atoms. The van der Waals surface area contributed by atoms with Gasteiger partial charge in [-0.3, -0.25) is 9.39 Å². The molecular formula is C19H30N6O2. The van der Waals surface area contributed by atoms with E-state index >= 15 is 0 Å². The Bertz CT molecular complexity index is 711. The molecule has 2 N–H and O–H groups in total. The summed E-state index contributed by atoms with van der Waals surface area (Å²) in [5.74, 6) is 1.83. The zero-order valence-corrected chi connectivity index (χ0v) is 16.1. The molecule has 0 spiro atoms. The van der Waals surface area contributed by atoms with Crippen molar-refractivity contribution in [3.63, 3.8) is 0 Å². The summed E-state index contributed by atoms with van der Waals surface area (Å²) in [6, 6.07) is 5.93. The van der Waals surface area contributed by atoms with Gasteiger partial charge in [0.2, 0.25) is 0 Å². The molecule has 0 radical (unpaired) electrons. The first-order chi connectivity index (χ1) is 13.4. The van der Waals surface area contributed by atoms with Gasteiger partial charge in [-0.05, 0) is 38.3 Å². The van der Waals surface area contributed by atoms with E-state index in [0.29, 0.717) is 0 Å². The number of nitrogens with one attached hydrogen (secondary N) is 2. The number of aliphatic imine (C=N–C) groups is 1. The largest absolute Gasteiger partial charge is 0.379 e. The topological polar surface area (TPSA) is 85.1 Å². The zero-order chi connectivity index (χ0) is 18.7. The minimum absolute atomic E-state index is 0.278. The molecule has 1 saturated heterocycles. The first kappa shape index (κ1) is 19.6. The molecule has 0 aliphatic carbocycles. The summed E-state index contributed by atoms with van der Waals surface area (Å²) in [5, 5.41) is 15.1. The van der Waals surface area contributed by atoms with Gasteiger partial charge < -0.3 is 20.1 Å². The Morgan fingerprint density at radius 3 is 3.15 bits per heavy atom. The van der Waals surface area contributed by atoms with Crippen LogP contribution in [0.5, 0.6) is 0 Å². The van der Waals surface area contributed by atoms with E-state index < -0.39 is 0 Å². The van der Waals surface area contributed by atoms with E-state index in [1.54, 1.807) is 0 Å². The van der Waals surface area contributed by atoms with E-state index in [-0.39, 0.29) is 6.10 Å². The SMILES string of the molecule is CCNC(=NCCCc1nnc2ccccn12)NCCCOC1CCOC1. The number of pyridine rings is 1. The number of nitrogens with zero attached hydrogens (tertiary/aromatic N) is 4. The van der Waals surface area contributed by atoms with Crippen LogP contribution in [0.4, 0.5) is 0 Å². The molecule has 2 aromatic heterocycles. The Morgan fingerprint density at radius 1 is 1.33 bits per heavy atom. The van der Waals surface area contributed by atoms with Crippen LogP contribution >= 0.6 is 0 Å². The lowest BCUT2D eigenvalue weighted by Gasteiger charge is -2.12. The number of ether oxygens (including phenoxy) is 2. The van der Waals surface area contributed by atoms with Gasteiger partial charge in [0.15, 0.2) is 11.6 Å². The van der Waals surface area contributed by atoms with Crippen LogP contribution in [0.25, 0.3) is 5.65 Å². The highest BCUT2D eigenvalue weighted by Crippen LogP contribution is 2.08. The molecule has 27 heavy (non-hydrogen) atoms. The van der Waals surface area contributed by atoms with Crippen molar-refractivity contribution in [3.05, 3.63) is 30.2 Å². The summed E-state index contributed by atoms with van der Waals surface area (Å²) in [7, 11) is 0. The summed E-state index contributed by atoms with van der Waals surface area (Å²) in [6.07, 6.45) is 6.02. The Hall–Kier alpha value is -2.19. The predicted molar refractivity (Wildman–Crippen MR) is 105 cm³/mol. The molecule has 0 aromatic carbocycles. The molecule has 1 atom stereocenters. The first-order valence-electron chi connectivity index (χ1n) is 9.87. The maximum Gasteiger partial charge on any atom is 0.191 e. The highest BCUT2D eigenvalue weighted by molar-refractivity contribution is 5.79. The number of rotatable bonds is 10. The fourth-order valence-corrected chi connectivity index (χ4v) is 3.00. The van der Waals surface area contributed by atoms with Crippen LogP contribution in [-0.4, -0.2) is 66.1 Å². The van der Waals surface area contributed by atoms with E-state index in [1.807, 2.05) is 28.8 Å². The quantitative estimate of drug-likeness (QED) is 0.372. The third-order valence-electron chi connectivity index (χ3n) is 4.41. The van der Waals surface area contributed by atoms with E-state index in [4.69, 9.17) is 9.47 Å². The normalized spacial score (nSPS) is 17.5. The Kier molecular flexibility index (Phi) is 7.85. The van der Waals surface area contributed by atoms with Gasteiger partial charge in [-0.15, -0.1) is 10.2 Å². The number of guanidine groups is 1. The summed E-state index contributed by atoms with van der Waals surface area (Å²) < 4.78 is 13.1. The summed E-state index contributed by atoms with van der Waals surface area (Å²) in [6.45, 7) is 6.81. The van der Waals surface area contributed by atoms with E-state index in [9.17, 15) is 0 Å². The third kappa shape index (κ3) is 6.18. The van der Waals surface area contributed by atoms with Gasteiger partial charge in [-0.1, -0.05) is 6.07 Å². The van der Waals surface area contributed by atoms with Gasteiger partial charge in [0.25, 0.3) is 0 Å². The van der Waals surface area contributed by atoms with Gasteiger partial charge >= 0.3 is 0 Å². The van der Waals surface area contributed by atoms with Crippen LogP contribution in [0, 0.1) is 0 Å². The summed E-state index contributed by atoms with van der Waals surface area (Å²) in [5.41, 5.74) is 0.886. The lowest BCUT2D eigenvalue weighted by molar-refractivity contribution is 0.0420. The smallest absolute Gasteiger partial charge is 0.191 e. The van der Waals surface area contributed by atoms with Crippen LogP contribution in [0.1, 0.15) is 32.0 Å². The van der Waals surface area contributed by atoms with Gasteiger partial charge in [0.05, 0.1) is 12.7 Å². The van der Waals surface area contributed by atoms with Crippen molar-refractivity contribution in [2.75, 3.05) is 39.5 Å². The van der Waals surface area contributed by atoms with Crippen molar-refractivity contribution in [2.24, 2.45) is 4.99 Å². The number of aryl methyl sites for hydroxylation is 1. The molecule has 2 aromatic rings. The average Bonchev–Trinajstić information content (AvgIpc) is 3.35. The Labute approximate surface area is 160 Å². The van der Waals surface area contributed by atoms with Gasteiger partial charge in [-0.2, -0.15) is 0 Å². The van der Waals surface area contributed by atoms with Crippen LogP contribution < -0.4 is 10.6 Å². The molecule has 0 amide bonds. The molecule has 0 saturated carbocycles. The second-order valence-corrected chi connectivity index (χ2v) is 6.55. The van der Waals surface area contributed by atoms with Gasteiger partial charge in [0, 0.05) is 45.5 Å². The van der Waals surface area contributed by atoms with Crippen LogP contribution in [0.2, 0.25) is 0 Å². The number of hydrogen-bond donors (Lipinski definition) is 2. The molecule has 1 aliphatic heterocycles. The van der Waals surface area contributed by atoms with Crippen molar-refractivity contribution in [2.45, 2.75) is 38.7 Å². The Balaban J connectivity index is 1.35. The highest BCUT2D eigenvalue weighted by Gasteiger charge is 2.15. The molecular weight excluding hydrogens is 344 g/mol. The monoisotopic (exact) mass is 374 g/mol. The maximum atomic E-state index is 5.78. The van der Waals surface area contributed by atoms with E-state index in [2.05, 4.69) is 32.7 Å². The lowest BCUT2D eigenvalue weighted by atomic mass is 10.3. The first-order valence-corrected chi connectivity index (χ1v) is 9.87. The van der Waals surface area contributed by atoms with Crippen molar-refractivity contribution < 1.29 is 9.47 Å². The predicted octanol–water partition coefficient (Wildman–Crippen LogP) is 1.41. The standard InChI is InChI=1S/C19H30N6O2/c1-2-20-19(22-11-6-13-27-16-9-14-26-15-16)21-10-5-8-18-24-23-17-7-3-4-12-25(17)18/h3-4,7,12,16H,2,5-6,8-11,13-15H2,1H3,(H2,20,21,22). The average molecular weight is 374 g/mol. The van der Waals surface area contributed by atoms with E-state index in [1.165, 1.54) is 0 Å². The van der Waals surface area contributed by atoms with Crippen molar-refractivity contribution in [1.82, 2.24) is 25.2 Å². The van der Waals surface area contributed by atoms with Crippen LogP contribution in [-0.2, 0) is 15.9 Å². The molecule has 3 heterocycles. The molecule has 1 unspecified atom stereocenters. The number of aromatic nitrogens is 3. The van der Waals surface area contributed by atoms with Crippen molar-refractivity contribution in [3.8, 4) is 0 Å². The number of hydrogen-bond acceptors (Lipinski definition) is 5. The second-order valence-electron chi connectivity index (χ2n) is 6.55. The fraction of sp³-hybridized carbons (Fsp3) is 0.632. The molecule has 3 rings (SSSR count). The molecule has 1 fully saturated rings. The van der Waals surface area contributed by atoms with Crippen molar-refractivity contribution >= 4 is 11.6 Å². The number of fused-ring (bicyclic) bond motifs is 1. The highest BCUT2D eigenvalue weighted by atomic mass is 16.5. The molecule has 148 valence electrons. The van der Waals surface area contributed by atoms with Crippen LogP contribution in [0.15, 0.2) is 29.4 Å². The second kappa shape index (κ2) is 10.8. The maximum absolute atomic E-state index is 5.78. The third-order valence-corrected chi connectivity index (χ3v) is 4.41. The zero-order valence-electron chi connectivity index (χ0n) is 16.1. The summed E-state index contributed by atoms with van der Waals surface area (Å²) in [4.78, 5) is 4.64. The minimum atomic E-state index is 0.278. The van der Waals surface area contributed by atoms with Crippen LogP contribution in [0.3, 0.4) is 0 Å². The molecule has 8 heteroatoms. The van der Waals surface area contributed by atoms with Crippen molar-refractivity contribution in [1.29, 1.82) is 0 Å². The minimum Gasteiger partial charge on any atom is -0.379 e. The molecule has 8 nitrogen and oxygen atoms in total. The Morgan fingerprint density at radius 2 is 2.30 bits per heavy atom. The summed E-state index contributed by atoms with van der Waals surface area (Å²) >= 11 is 0. The molecule has 1 aliphatic rings. The van der Waals surface area contributed by atoms with Gasteiger partial charge in [-0.25, -0.2) is 0 Å². The fourth-order valence-electron chi connectivity index (χ4n) is 3.00.